The van der Waals surface area contributed by atoms with Gasteiger partial charge in [-0.2, -0.15) is 0 Å². The van der Waals surface area contributed by atoms with Crippen LogP contribution in [0.25, 0.3) is 10.9 Å². The van der Waals surface area contributed by atoms with Crippen molar-refractivity contribution in [1.82, 2.24) is 9.55 Å². The number of aliphatic hydroxyl groups excluding tert-OH is 2. The molecule has 1 saturated heterocycles. The Labute approximate surface area is 186 Å². The molecule has 2 aromatic rings. The first-order valence-electron chi connectivity index (χ1n) is 10.4. The number of hydrogen-bond acceptors (Lipinski definition) is 8. The van der Waals surface area contributed by atoms with Gasteiger partial charge in [0.25, 0.3) is 5.56 Å². The largest absolute Gasteiger partial charge is 0.493 e. The van der Waals surface area contributed by atoms with E-state index < -0.39 is 50.7 Å². The second-order valence-corrected chi connectivity index (χ2v) is 14.2. The highest BCUT2D eigenvalue weighted by molar-refractivity contribution is 6.74. The van der Waals surface area contributed by atoms with Crippen LogP contribution in [0, 0.1) is 0 Å². The van der Waals surface area contributed by atoms with E-state index in [0.717, 1.165) is 0 Å². The lowest BCUT2D eigenvalue weighted by atomic mass is 10.1. The topological polar surface area (TPSA) is 132 Å². The van der Waals surface area contributed by atoms with Crippen LogP contribution in [0.4, 0.5) is 0 Å². The van der Waals surface area contributed by atoms with Crippen LogP contribution in [-0.4, -0.2) is 67.2 Å². The third-order valence-electron chi connectivity index (χ3n) is 6.43. The fourth-order valence-corrected chi connectivity index (χ4v) is 4.85. The number of aromatic amines is 1. The first-order chi connectivity index (χ1) is 14.9. The van der Waals surface area contributed by atoms with Crippen LogP contribution in [0.3, 0.4) is 0 Å². The zero-order valence-electron chi connectivity index (χ0n) is 19.5. The average molecular weight is 469 g/mol. The molecule has 0 unspecified atom stereocenters. The van der Waals surface area contributed by atoms with Crippen molar-refractivity contribution >= 4 is 19.2 Å². The predicted molar refractivity (Wildman–Crippen MR) is 121 cm³/mol. The molecular formula is C21H32N2O8Si. The Balaban J connectivity index is 2.24. The summed E-state index contributed by atoms with van der Waals surface area (Å²) in [6.07, 6.45) is -4.15. The standard InChI is InChI=1S/C21H32N2O8Si/c1-21(2,3)32(6,7)31-17-16(25)15(10-24)30-19(17)23-12-9-14(29-5)13(28-4)8-11(12)18(26)22-20(23)27/h8-9,15-17,19,24-25H,10H2,1-7H3,(H,22,26,27)/t15-,16-,17+,19-/m1/s1. The molecule has 32 heavy (non-hydrogen) atoms. The van der Waals surface area contributed by atoms with Gasteiger partial charge in [-0.1, -0.05) is 20.8 Å². The van der Waals surface area contributed by atoms with Crippen molar-refractivity contribution in [2.45, 2.75) is 63.4 Å². The molecule has 0 radical (unpaired) electrons. The van der Waals surface area contributed by atoms with Crippen LogP contribution < -0.4 is 20.7 Å². The highest BCUT2D eigenvalue weighted by atomic mass is 28.4. The van der Waals surface area contributed by atoms with Crippen molar-refractivity contribution in [3.05, 3.63) is 33.0 Å². The molecular weight excluding hydrogens is 436 g/mol. The fourth-order valence-electron chi connectivity index (χ4n) is 3.56. The molecule has 0 aliphatic carbocycles. The molecule has 10 nitrogen and oxygen atoms in total. The van der Waals surface area contributed by atoms with E-state index in [-0.39, 0.29) is 15.9 Å². The minimum Gasteiger partial charge on any atom is -0.493 e. The monoisotopic (exact) mass is 468 g/mol. The highest BCUT2D eigenvalue weighted by Crippen LogP contribution is 2.42. The molecule has 3 N–H and O–H groups in total. The molecule has 1 aliphatic heterocycles. The summed E-state index contributed by atoms with van der Waals surface area (Å²) < 4.78 is 24.2. The van der Waals surface area contributed by atoms with Crippen LogP contribution in [0.15, 0.2) is 21.7 Å². The van der Waals surface area contributed by atoms with Gasteiger partial charge in [0.2, 0.25) is 0 Å². The van der Waals surface area contributed by atoms with E-state index in [1.54, 1.807) is 0 Å². The highest BCUT2D eigenvalue weighted by Gasteiger charge is 2.50. The van der Waals surface area contributed by atoms with Crippen LogP contribution in [-0.2, 0) is 9.16 Å². The molecule has 178 valence electrons. The van der Waals surface area contributed by atoms with Gasteiger partial charge >= 0.3 is 5.69 Å². The second kappa shape index (κ2) is 8.63. The van der Waals surface area contributed by atoms with Gasteiger partial charge in [0, 0.05) is 6.07 Å². The fraction of sp³-hybridized carbons (Fsp3) is 0.619. The summed E-state index contributed by atoms with van der Waals surface area (Å²) in [5.74, 6) is 0.642. The van der Waals surface area contributed by atoms with Gasteiger partial charge < -0.3 is 28.8 Å². The number of benzene rings is 1. The maximum Gasteiger partial charge on any atom is 0.331 e. The number of fused-ring (bicyclic) bond motifs is 1. The zero-order chi connectivity index (χ0) is 24.0. The zero-order valence-corrected chi connectivity index (χ0v) is 20.5. The summed E-state index contributed by atoms with van der Waals surface area (Å²) in [4.78, 5) is 27.8. The maximum atomic E-state index is 13.0. The first-order valence-corrected chi connectivity index (χ1v) is 13.3. The minimum absolute atomic E-state index is 0.177. The minimum atomic E-state index is -2.41. The summed E-state index contributed by atoms with van der Waals surface area (Å²) in [6.45, 7) is 9.74. The quantitative estimate of drug-likeness (QED) is 0.541. The molecule has 1 aromatic carbocycles. The Morgan fingerprint density at radius 3 is 2.28 bits per heavy atom. The average Bonchev–Trinajstić information content (AvgIpc) is 3.01. The molecule has 0 bridgehead atoms. The number of aromatic nitrogens is 2. The van der Waals surface area contributed by atoms with Crippen LogP contribution in [0.1, 0.15) is 27.0 Å². The van der Waals surface area contributed by atoms with Crippen molar-refractivity contribution in [3.63, 3.8) is 0 Å². The summed E-state index contributed by atoms with van der Waals surface area (Å²) in [5, 5.41) is 20.6. The van der Waals surface area contributed by atoms with Crippen LogP contribution in [0.2, 0.25) is 18.1 Å². The van der Waals surface area contributed by atoms with Crippen molar-refractivity contribution in [3.8, 4) is 11.5 Å². The molecule has 1 aromatic heterocycles. The van der Waals surface area contributed by atoms with Crippen molar-refractivity contribution < 1.29 is 28.8 Å². The van der Waals surface area contributed by atoms with Gasteiger partial charge in [-0.05, 0) is 24.2 Å². The molecule has 3 rings (SSSR count). The Morgan fingerprint density at radius 2 is 1.75 bits per heavy atom. The molecule has 1 fully saturated rings. The van der Waals surface area contributed by atoms with Gasteiger partial charge in [-0.15, -0.1) is 0 Å². The molecule has 2 heterocycles. The van der Waals surface area contributed by atoms with Gasteiger partial charge in [0.15, 0.2) is 26.0 Å². The third-order valence-corrected chi connectivity index (χ3v) is 10.9. The summed E-state index contributed by atoms with van der Waals surface area (Å²) in [5.41, 5.74) is -1.09. The van der Waals surface area contributed by atoms with E-state index in [2.05, 4.69) is 25.8 Å². The smallest absolute Gasteiger partial charge is 0.331 e. The lowest BCUT2D eigenvalue weighted by Crippen LogP contribution is -2.49. The molecule has 11 heteroatoms. The number of aliphatic hydroxyl groups is 2. The lowest BCUT2D eigenvalue weighted by Gasteiger charge is -2.40. The number of nitrogens with one attached hydrogen (secondary N) is 1. The SMILES string of the molecule is COc1cc2c(=O)[nH]c(=O)n([C@@H]3O[C@H](CO)[C@@H](O)[C@@H]3O[Si](C)(C)C(C)(C)C)c2cc1OC. The number of methoxy groups -OCH3 is 2. The van der Waals surface area contributed by atoms with Crippen molar-refractivity contribution in [2.24, 2.45) is 0 Å². The second-order valence-electron chi connectivity index (χ2n) is 9.43. The molecule has 4 atom stereocenters. The maximum absolute atomic E-state index is 13.0. The van der Waals surface area contributed by atoms with Crippen molar-refractivity contribution in [1.29, 1.82) is 0 Å². The Kier molecular flexibility index (Phi) is 6.60. The van der Waals surface area contributed by atoms with E-state index in [4.69, 9.17) is 18.6 Å². The van der Waals surface area contributed by atoms with Crippen LogP contribution >= 0.6 is 0 Å². The predicted octanol–water partition coefficient (Wildman–Crippen LogP) is 1.35. The van der Waals surface area contributed by atoms with Gasteiger partial charge in [0.1, 0.15) is 18.3 Å². The Bertz CT molecular complexity index is 1100. The number of H-pyrrole nitrogens is 1. The van der Waals surface area contributed by atoms with E-state index in [1.807, 2.05) is 13.1 Å². The Hall–Kier alpha value is -2.18. The normalized spacial score (nSPS) is 24.2. The number of hydrogen-bond donors (Lipinski definition) is 3. The van der Waals surface area contributed by atoms with Crippen LogP contribution in [0.5, 0.6) is 11.5 Å². The lowest BCUT2D eigenvalue weighted by molar-refractivity contribution is -0.0513. The van der Waals surface area contributed by atoms with E-state index in [9.17, 15) is 19.8 Å². The molecule has 1 aliphatic rings. The Morgan fingerprint density at radius 1 is 1.16 bits per heavy atom. The van der Waals surface area contributed by atoms with Gasteiger partial charge in [-0.25, -0.2) is 4.79 Å². The molecule has 0 amide bonds. The third kappa shape index (κ3) is 4.10. The molecule has 0 saturated carbocycles. The van der Waals surface area contributed by atoms with Gasteiger partial charge in [-0.3, -0.25) is 14.3 Å². The van der Waals surface area contributed by atoms with Gasteiger partial charge in [0.05, 0.1) is 31.7 Å². The van der Waals surface area contributed by atoms with E-state index in [1.165, 1.54) is 30.9 Å². The number of rotatable bonds is 6. The van der Waals surface area contributed by atoms with Crippen molar-refractivity contribution in [2.75, 3.05) is 20.8 Å². The number of nitrogens with zero attached hydrogens (tertiary/aromatic N) is 1. The first kappa shape index (κ1) is 24.5. The summed E-state index contributed by atoms with van der Waals surface area (Å²) >= 11 is 0. The summed E-state index contributed by atoms with van der Waals surface area (Å²) in [7, 11) is 0.478. The summed E-state index contributed by atoms with van der Waals surface area (Å²) in [6, 6.07) is 2.98. The number of ether oxygens (including phenoxy) is 3. The van der Waals surface area contributed by atoms with E-state index >= 15 is 0 Å². The van der Waals surface area contributed by atoms with E-state index in [0.29, 0.717) is 11.5 Å². The molecule has 0 spiro atoms.